The Labute approximate surface area is 292 Å². The third-order valence-electron chi connectivity index (χ3n) is 9.43. The topological polar surface area (TPSA) is 51.8 Å². The third kappa shape index (κ3) is 4.71. The van der Waals surface area contributed by atoms with Gasteiger partial charge in [0.2, 0.25) is 0 Å². The van der Waals surface area contributed by atoms with E-state index in [0.29, 0.717) is 5.82 Å². The van der Waals surface area contributed by atoms with Crippen molar-refractivity contribution in [1.29, 1.82) is 0 Å². The zero-order valence-corrected chi connectivity index (χ0v) is 27.6. The molecule has 0 saturated carbocycles. The van der Waals surface area contributed by atoms with Crippen molar-refractivity contribution in [2.24, 2.45) is 0 Å². The maximum atomic E-state index is 6.73. The molecule has 0 radical (unpaired) electrons. The fourth-order valence-corrected chi connectivity index (χ4v) is 8.22. The lowest BCUT2D eigenvalue weighted by atomic mass is 9.95. The fraction of sp³-hybridized carbons (Fsp3) is 0. The molecular formula is C45H27N3OS. The lowest BCUT2D eigenvalue weighted by Gasteiger charge is -2.14. The van der Waals surface area contributed by atoms with Crippen LogP contribution in [0.25, 0.3) is 98.3 Å². The van der Waals surface area contributed by atoms with E-state index in [2.05, 4.69) is 108 Å². The monoisotopic (exact) mass is 657 g/mol. The van der Waals surface area contributed by atoms with E-state index < -0.39 is 0 Å². The van der Waals surface area contributed by atoms with Crippen LogP contribution in [-0.4, -0.2) is 15.0 Å². The van der Waals surface area contributed by atoms with Gasteiger partial charge in [0.25, 0.3) is 0 Å². The molecule has 0 fully saturated rings. The molecule has 0 atom stereocenters. The number of fused-ring (bicyclic) bond motifs is 6. The molecular weight excluding hydrogens is 631 g/mol. The minimum Gasteiger partial charge on any atom is -0.455 e. The van der Waals surface area contributed by atoms with E-state index in [-0.39, 0.29) is 0 Å². The molecule has 4 heterocycles. The predicted molar refractivity (Wildman–Crippen MR) is 207 cm³/mol. The maximum Gasteiger partial charge on any atom is 0.161 e. The predicted octanol–water partition coefficient (Wildman–Crippen LogP) is 12.5. The molecule has 0 N–H and O–H groups in total. The van der Waals surface area contributed by atoms with Crippen LogP contribution in [0.4, 0.5) is 0 Å². The van der Waals surface area contributed by atoms with E-state index >= 15 is 0 Å². The molecule has 0 bridgehead atoms. The molecule has 0 amide bonds. The van der Waals surface area contributed by atoms with E-state index in [1.807, 2.05) is 66.1 Å². The molecule has 0 unspecified atom stereocenters. The van der Waals surface area contributed by atoms with Crippen LogP contribution < -0.4 is 0 Å². The number of rotatable bonds is 5. The smallest absolute Gasteiger partial charge is 0.161 e. The van der Waals surface area contributed by atoms with E-state index in [0.717, 1.165) is 72.3 Å². The molecule has 0 aliphatic carbocycles. The van der Waals surface area contributed by atoms with Gasteiger partial charge in [0, 0.05) is 71.2 Å². The molecule has 0 spiro atoms. The van der Waals surface area contributed by atoms with Crippen molar-refractivity contribution in [1.82, 2.24) is 15.0 Å². The highest BCUT2D eigenvalue weighted by Gasteiger charge is 2.21. The van der Waals surface area contributed by atoms with Crippen molar-refractivity contribution in [3.63, 3.8) is 0 Å². The lowest BCUT2D eigenvalue weighted by Crippen LogP contribution is -1.98. The molecule has 0 aliphatic heterocycles. The normalized spacial score (nSPS) is 11.6. The molecule has 0 aliphatic rings. The summed E-state index contributed by atoms with van der Waals surface area (Å²) in [6, 6.07) is 52.8. The Kier molecular flexibility index (Phi) is 6.64. The number of hydrogen-bond donors (Lipinski definition) is 0. The number of nitrogens with zero attached hydrogens (tertiary/aromatic N) is 3. The van der Waals surface area contributed by atoms with Crippen LogP contribution in [0, 0.1) is 0 Å². The van der Waals surface area contributed by atoms with Crippen LogP contribution >= 0.6 is 11.3 Å². The van der Waals surface area contributed by atoms with Gasteiger partial charge in [0.1, 0.15) is 11.2 Å². The fourth-order valence-electron chi connectivity index (χ4n) is 7.08. The molecule has 10 rings (SSSR count). The molecule has 6 aromatic carbocycles. The molecule has 50 heavy (non-hydrogen) atoms. The average Bonchev–Trinajstić information content (AvgIpc) is 3.77. The Morgan fingerprint density at radius 1 is 0.460 bits per heavy atom. The number of pyridine rings is 1. The van der Waals surface area contributed by atoms with E-state index in [1.54, 1.807) is 6.20 Å². The highest BCUT2D eigenvalue weighted by molar-refractivity contribution is 7.25. The van der Waals surface area contributed by atoms with Gasteiger partial charge in [-0.15, -0.1) is 11.3 Å². The first-order valence-electron chi connectivity index (χ1n) is 16.6. The SMILES string of the molecule is c1ccc(-c2cc(-c3ccc(-c4ccc5c(c4)sc4ccccc45)c4oc5ccccc5c34)nc(-c3ccccc3-c3cccnc3)n2)cc1. The molecule has 4 nitrogen and oxygen atoms in total. The van der Waals surface area contributed by atoms with E-state index in [4.69, 9.17) is 14.4 Å². The summed E-state index contributed by atoms with van der Waals surface area (Å²) in [5.74, 6) is 0.654. The molecule has 4 aromatic heterocycles. The highest BCUT2D eigenvalue weighted by atomic mass is 32.1. The van der Waals surface area contributed by atoms with Gasteiger partial charge >= 0.3 is 0 Å². The van der Waals surface area contributed by atoms with Gasteiger partial charge in [0.05, 0.1) is 11.4 Å². The van der Waals surface area contributed by atoms with Crippen molar-refractivity contribution < 1.29 is 4.42 Å². The highest BCUT2D eigenvalue weighted by Crippen LogP contribution is 2.44. The van der Waals surface area contributed by atoms with Crippen LogP contribution in [0.5, 0.6) is 0 Å². The minimum atomic E-state index is 0.654. The first-order chi connectivity index (χ1) is 24.8. The van der Waals surface area contributed by atoms with Gasteiger partial charge in [-0.05, 0) is 47.5 Å². The van der Waals surface area contributed by atoms with E-state index in [9.17, 15) is 0 Å². The second-order valence-corrected chi connectivity index (χ2v) is 13.5. The first kappa shape index (κ1) is 28.6. The summed E-state index contributed by atoms with van der Waals surface area (Å²) in [5.41, 5.74) is 10.6. The largest absolute Gasteiger partial charge is 0.455 e. The van der Waals surface area contributed by atoms with Crippen LogP contribution in [0.15, 0.2) is 168 Å². The zero-order chi connectivity index (χ0) is 33.0. The summed E-state index contributed by atoms with van der Waals surface area (Å²) < 4.78 is 9.29. The van der Waals surface area contributed by atoms with Gasteiger partial charge in [-0.25, -0.2) is 9.97 Å². The second-order valence-electron chi connectivity index (χ2n) is 12.4. The van der Waals surface area contributed by atoms with Gasteiger partial charge in [0.15, 0.2) is 5.82 Å². The Bertz CT molecular complexity index is 2870. The van der Waals surface area contributed by atoms with Crippen molar-refractivity contribution in [3.8, 4) is 56.2 Å². The standard InChI is InChI=1S/C45H27N3OS/c1-2-11-28(12-3-1)38-26-39(48-45(47-38)35-16-5-4-14-31(35)30-13-10-24-46-27-30)36-23-22-32(44-43(36)37-17-6-8-18-40(37)49-44)29-20-21-34-33-15-7-9-19-41(33)50-42(34)25-29/h1-27H. The van der Waals surface area contributed by atoms with E-state index in [1.165, 1.54) is 20.2 Å². The first-order valence-corrected chi connectivity index (χ1v) is 17.4. The second kappa shape index (κ2) is 11.6. The average molecular weight is 658 g/mol. The summed E-state index contributed by atoms with van der Waals surface area (Å²) in [5, 5.41) is 4.67. The quantitative estimate of drug-likeness (QED) is 0.185. The summed E-state index contributed by atoms with van der Waals surface area (Å²) in [7, 11) is 0. The van der Waals surface area contributed by atoms with Crippen LogP contribution in [0.2, 0.25) is 0 Å². The molecule has 5 heteroatoms. The molecule has 10 aromatic rings. The van der Waals surface area contributed by atoms with Gasteiger partial charge in [-0.1, -0.05) is 115 Å². The number of hydrogen-bond acceptors (Lipinski definition) is 5. The van der Waals surface area contributed by atoms with Crippen molar-refractivity contribution in [2.45, 2.75) is 0 Å². The summed E-state index contributed by atoms with van der Waals surface area (Å²) in [4.78, 5) is 14.9. The molecule has 0 saturated heterocycles. The number of furan rings is 1. The Morgan fingerprint density at radius 3 is 2.06 bits per heavy atom. The lowest BCUT2D eigenvalue weighted by molar-refractivity contribution is 0.670. The van der Waals surface area contributed by atoms with Crippen LogP contribution in [-0.2, 0) is 0 Å². The number of benzene rings is 6. The Balaban J connectivity index is 1.22. The summed E-state index contributed by atoms with van der Waals surface area (Å²) >= 11 is 1.83. The van der Waals surface area contributed by atoms with Crippen molar-refractivity contribution >= 4 is 53.4 Å². The van der Waals surface area contributed by atoms with Crippen LogP contribution in [0.3, 0.4) is 0 Å². The van der Waals surface area contributed by atoms with Gasteiger partial charge < -0.3 is 4.42 Å². The maximum absolute atomic E-state index is 6.73. The summed E-state index contributed by atoms with van der Waals surface area (Å²) in [6.07, 6.45) is 3.68. The Hall–Kier alpha value is -6.43. The van der Waals surface area contributed by atoms with Crippen molar-refractivity contribution in [2.75, 3.05) is 0 Å². The van der Waals surface area contributed by atoms with Gasteiger partial charge in [-0.3, -0.25) is 4.98 Å². The molecule has 234 valence electrons. The van der Waals surface area contributed by atoms with Crippen LogP contribution in [0.1, 0.15) is 0 Å². The minimum absolute atomic E-state index is 0.654. The zero-order valence-electron chi connectivity index (χ0n) is 26.7. The summed E-state index contributed by atoms with van der Waals surface area (Å²) in [6.45, 7) is 0. The Morgan fingerprint density at radius 2 is 1.18 bits per heavy atom. The number of para-hydroxylation sites is 1. The van der Waals surface area contributed by atoms with Crippen molar-refractivity contribution in [3.05, 3.63) is 164 Å². The number of aromatic nitrogens is 3. The number of thiophene rings is 1. The van der Waals surface area contributed by atoms with Gasteiger partial charge in [-0.2, -0.15) is 0 Å². The third-order valence-corrected chi connectivity index (χ3v) is 10.6.